The monoisotopic (exact) mass is 219 g/mol. The predicted octanol–water partition coefficient (Wildman–Crippen LogP) is 2.57. The van der Waals surface area contributed by atoms with Gasteiger partial charge in [-0.15, -0.1) is 0 Å². The highest BCUT2D eigenvalue weighted by Crippen LogP contribution is 2.07. The first-order chi connectivity index (χ1) is 7.67. The molecule has 3 heteroatoms. The first-order valence-electron chi connectivity index (χ1n) is 5.96. The molecule has 0 bridgehead atoms. The first kappa shape index (κ1) is 12.8. The largest absolute Gasteiger partial charge is 0.342 e. The fraction of sp³-hybridized carbons (Fsp3) is 0.615. The predicted molar refractivity (Wildman–Crippen MR) is 66.0 cm³/mol. The summed E-state index contributed by atoms with van der Waals surface area (Å²) in [7, 11) is 1.91. The second-order valence-electron chi connectivity index (χ2n) is 4.38. The zero-order valence-corrected chi connectivity index (χ0v) is 10.5. The van der Waals surface area contributed by atoms with Crippen LogP contribution in [-0.2, 0) is 13.6 Å². The number of unbranched alkanes of at least 4 members (excludes halogenated alkanes) is 1. The van der Waals surface area contributed by atoms with Crippen molar-refractivity contribution in [2.24, 2.45) is 7.05 Å². The molecule has 0 aliphatic carbocycles. The number of rotatable bonds is 6. The smallest absolute Gasteiger partial charge is 0.120 e. The number of aromatic nitrogens is 1. The first-order valence-corrected chi connectivity index (χ1v) is 5.96. The van der Waals surface area contributed by atoms with Crippen molar-refractivity contribution < 1.29 is 0 Å². The van der Waals surface area contributed by atoms with E-state index in [1.807, 2.05) is 23.9 Å². The zero-order chi connectivity index (χ0) is 12.0. The van der Waals surface area contributed by atoms with Crippen LogP contribution in [0.3, 0.4) is 0 Å². The van der Waals surface area contributed by atoms with E-state index in [1.54, 1.807) is 0 Å². The Hall–Kier alpha value is -1.27. The van der Waals surface area contributed by atoms with Gasteiger partial charge >= 0.3 is 0 Å². The molecule has 1 aromatic heterocycles. The molecule has 88 valence electrons. The van der Waals surface area contributed by atoms with Crippen LogP contribution in [-0.4, -0.2) is 10.6 Å². The summed E-state index contributed by atoms with van der Waals surface area (Å²) >= 11 is 0. The summed E-state index contributed by atoms with van der Waals surface area (Å²) in [6.45, 7) is 5.27. The molecule has 0 aliphatic rings. The molecule has 0 saturated heterocycles. The second-order valence-corrected chi connectivity index (χ2v) is 4.38. The Kier molecular flexibility index (Phi) is 5.07. The van der Waals surface area contributed by atoms with Crippen molar-refractivity contribution >= 4 is 0 Å². The molecule has 0 fully saturated rings. The quantitative estimate of drug-likeness (QED) is 0.799. The molecular formula is C13H21N3. The van der Waals surface area contributed by atoms with E-state index in [0.29, 0.717) is 6.04 Å². The maximum atomic E-state index is 8.83. The molecule has 0 aromatic carbocycles. The minimum Gasteiger partial charge on any atom is -0.342 e. The van der Waals surface area contributed by atoms with Crippen LogP contribution in [0.5, 0.6) is 0 Å². The van der Waals surface area contributed by atoms with Crippen molar-refractivity contribution in [3.63, 3.8) is 0 Å². The molecule has 0 radical (unpaired) electrons. The van der Waals surface area contributed by atoms with E-state index in [0.717, 1.165) is 12.2 Å². The van der Waals surface area contributed by atoms with E-state index in [4.69, 9.17) is 5.26 Å². The molecule has 1 aromatic rings. The lowest BCUT2D eigenvalue weighted by Crippen LogP contribution is -2.25. The number of hydrogen-bond acceptors (Lipinski definition) is 2. The number of nitriles is 1. The fourth-order valence-electron chi connectivity index (χ4n) is 1.75. The average molecular weight is 219 g/mol. The van der Waals surface area contributed by atoms with Gasteiger partial charge in [-0.3, -0.25) is 0 Å². The van der Waals surface area contributed by atoms with Gasteiger partial charge in [0.2, 0.25) is 0 Å². The molecule has 0 amide bonds. The lowest BCUT2D eigenvalue weighted by Gasteiger charge is -2.12. The van der Waals surface area contributed by atoms with Crippen molar-refractivity contribution in [2.75, 3.05) is 0 Å². The Balaban J connectivity index is 2.40. The van der Waals surface area contributed by atoms with E-state index < -0.39 is 0 Å². The zero-order valence-electron chi connectivity index (χ0n) is 10.5. The van der Waals surface area contributed by atoms with Crippen LogP contribution in [0.1, 0.15) is 44.4 Å². The number of aryl methyl sites for hydroxylation is 1. The molecule has 0 aliphatic heterocycles. The number of hydrogen-bond donors (Lipinski definition) is 1. The van der Waals surface area contributed by atoms with Gasteiger partial charge < -0.3 is 9.88 Å². The lowest BCUT2D eigenvalue weighted by molar-refractivity contribution is 0.495. The van der Waals surface area contributed by atoms with E-state index >= 15 is 0 Å². The highest BCUT2D eigenvalue weighted by atomic mass is 14.9. The van der Waals surface area contributed by atoms with Gasteiger partial charge in [-0.1, -0.05) is 19.8 Å². The molecule has 1 rings (SSSR count). The van der Waals surface area contributed by atoms with Gasteiger partial charge in [0.1, 0.15) is 11.8 Å². The molecule has 0 saturated carbocycles. The number of nitrogens with one attached hydrogen (secondary N) is 1. The van der Waals surface area contributed by atoms with E-state index in [-0.39, 0.29) is 0 Å². The Morgan fingerprint density at radius 2 is 2.31 bits per heavy atom. The summed E-state index contributed by atoms with van der Waals surface area (Å²) < 4.78 is 1.87. The third kappa shape index (κ3) is 3.71. The summed E-state index contributed by atoms with van der Waals surface area (Å²) in [6.07, 6.45) is 5.74. The molecule has 0 spiro atoms. The molecule has 1 N–H and O–H groups in total. The average Bonchev–Trinajstić information content (AvgIpc) is 2.64. The van der Waals surface area contributed by atoms with Crippen molar-refractivity contribution in [1.82, 2.24) is 9.88 Å². The van der Waals surface area contributed by atoms with Crippen LogP contribution < -0.4 is 5.32 Å². The standard InChI is InChI=1S/C13H21N3/c1-4-5-6-11(2)15-9-12-7-13(8-14)16(3)10-12/h7,10-11,15H,4-6,9H2,1-3H3. The third-order valence-corrected chi connectivity index (χ3v) is 2.82. The summed E-state index contributed by atoms with van der Waals surface area (Å²) in [6, 6.07) is 4.66. The van der Waals surface area contributed by atoms with Crippen LogP contribution >= 0.6 is 0 Å². The Morgan fingerprint density at radius 3 is 2.88 bits per heavy atom. The van der Waals surface area contributed by atoms with Crippen LogP contribution in [0.4, 0.5) is 0 Å². The van der Waals surface area contributed by atoms with Crippen LogP contribution in [0, 0.1) is 11.3 Å². The second kappa shape index (κ2) is 6.34. The van der Waals surface area contributed by atoms with Crippen LogP contribution in [0.25, 0.3) is 0 Å². The van der Waals surface area contributed by atoms with Gasteiger partial charge in [0.15, 0.2) is 0 Å². The highest BCUT2D eigenvalue weighted by Gasteiger charge is 2.04. The lowest BCUT2D eigenvalue weighted by atomic mass is 10.1. The molecule has 1 unspecified atom stereocenters. The van der Waals surface area contributed by atoms with Gasteiger partial charge in [0, 0.05) is 25.8 Å². The summed E-state index contributed by atoms with van der Waals surface area (Å²) in [5, 5.41) is 12.3. The minimum atomic E-state index is 0.547. The van der Waals surface area contributed by atoms with Gasteiger partial charge in [-0.25, -0.2) is 0 Å². The SMILES string of the molecule is CCCCC(C)NCc1cc(C#N)n(C)c1. The maximum absolute atomic E-state index is 8.83. The Labute approximate surface area is 98.1 Å². The van der Waals surface area contributed by atoms with Gasteiger partial charge in [0.05, 0.1) is 0 Å². The summed E-state index contributed by atoms with van der Waals surface area (Å²) in [4.78, 5) is 0. The third-order valence-electron chi connectivity index (χ3n) is 2.82. The minimum absolute atomic E-state index is 0.547. The molecule has 1 heterocycles. The fourth-order valence-corrected chi connectivity index (χ4v) is 1.75. The van der Waals surface area contributed by atoms with E-state index in [2.05, 4.69) is 25.2 Å². The normalized spacial score (nSPS) is 12.4. The molecule has 1 atom stereocenters. The van der Waals surface area contributed by atoms with Crippen molar-refractivity contribution in [2.45, 2.75) is 45.7 Å². The number of nitrogens with zero attached hydrogens (tertiary/aromatic N) is 2. The van der Waals surface area contributed by atoms with Crippen LogP contribution in [0.15, 0.2) is 12.3 Å². The Bertz CT molecular complexity index is 360. The van der Waals surface area contributed by atoms with Gasteiger partial charge in [-0.2, -0.15) is 5.26 Å². The molecular weight excluding hydrogens is 198 g/mol. The van der Waals surface area contributed by atoms with Crippen LogP contribution in [0.2, 0.25) is 0 Å². The Morgan fingerprint density at radius 1 is 1.56 bits per heavy atom. The van der Waals surface area contributed by atoms with Crippen molar-refractivity contribution in [3.8, 4) is 6.07 Å². The summed E-state index contributed by atoms with van der Waals surface area (Å²) in [5.41, 5.74) is 1.90. The topological polar surface area (TPSA) is 40.8 Å². The molecule has 3 nitrogen and oxygen atoms in total. The van der Waals surface area contributed by atoms with E-state index in [1.165, 1.54) is 24.8 Å². The maximum Gasteiger partial charge on any atom is 0.120 e. The molecule has 16 heavy (non-hydrogen) atoms. The van der Waals surface area contributed by atoms with E-state index in [9.17, 15) is 0 Å². The van der Waals surface area contributed by atoms with Crippen molar-refractivity contribution in [1.29, 1.82) is 5.26 Å². The van der Waals surface area contributed by atoms with Gasteiger partial charge in [-0.05, 0) is 25.0 Å². The highest BCUT2D eigenvalue weighted by molar-refractivity contribution is 5.28. The van der Waals surface area contributed by atoms with Gasteiger partial charge in [0.25, 0.3) is 0 Å². The van der Waals surface area contributed by atoms with Crippen molar-refractivity contribution in [3.05, 3.63) is 23.5 Å². The summed E-state index contributed by atoms with van der Waals surface area (Å²) in [5.74, 6) is 0.